The highest BCUT2D eigenvalue weighted by molar-refractivity contribution is 7.99. The lowest BCUT2D eigenvalue weighted by atomic mass is 10.1. The van der Waals surface area contributed by atoms with E-state index in [1.807, 2.05) is 32.0 Å². The standard InChI is InChI=1S/C15H17N3O2S/c1-9-3-4-11(18-14(19)13-7-21-8-16-13)5-12(9)15-17-10(2)6-20-15/h3-6,13,16H,7-8H2,1-2H3,(H,18,19). The van der Waals surface area contributed by atoms with Gasteiger partial charge in [-0.05, 0) is 31.5 Å². The molecule has 1 aromatic heterocycles. The van der Waals surface area contributed by atoms with Crippen LogP contribution in [0.3, 0.4) is 0 Å². The molecule has 21 heavy (non-hydrogen) atoms. The Hall–Kier alpha value is -1.79. The third kappa shape index (κ3) is 3.11. The Morgan fingerprint density at radius 1 is 1.48 bits per heavy atom. The molecule has 0 saturated carbocycles. The van der Waals surface area contributed by atoms with E-state index in [4.69, 9.17) is 4.42 Å². The molecule has 0 radical (unpaired) electrons. The molecule has 1 aliphatic heterocycles. The summed E-state index contributed by atoms with van der Waals surface area (Å²) in [6, 6.07) is 5.64. The van der Waals surface area contributed by atoms with Crippen molar-refractivity contribution < 1.29 is 9.21 Å². The van der Waals surface area contributed by atoms with Gasteiger partial charge in [-0.2, -0.15) is 0 Å². The Balaban J connectivity index is 1.82. The number of hydrogen-bond acceptors (Lipinski definition) is 5. The molecule has 3 rings (SSSR count). The van der Waals surface area contributed by atoms with Crippen molar-refractivity contribution in [2.75, 3.05) is 16.9 Å². The smallest absolute Gasteiger partial charge is 0.242 e. The largest absolute Gasteiger partial charge is 0.444 e. The monoisotopic (exact) mass is 303 g/mol. The number of aryl methyl sites for hydroxylation is 2. The molecule has 1 fully saturated rings. The minimum atomic E-state index is -0.122. The van der Waals surface area contributed by atoms with E-state index in [0.717, 1.165) is 34.1 Å². The van der Waals surface area contributed by atoms with E-state index in [2.05, 4.69) is 15.6 Å². The molecular weight excluding hydrogens is 286 g/mol. The molecule has 1 aromatic carbocycles. The second-order valence-electron chi connectivity index (χ2n) is 5.08. The number of hydrogen-bond donors (Lipinski definition) is 2. The van der Waals surface area contributed by atoms with Crippen LogP contribution >= 0.6 is 11.8 Å². The van der Waals surface area contributed by atoms with E-state index < -0.39 is 0 Å². The van der Waals surface area contributed by atoms with E-state index in [0.29, 0.717) is 5.89 Å². The van der Waals surface area contributed by atoms with E-state index >= 15 is 0 Å². The van der Waals surface area contributed by atoms with Crippen molar-refractivity contribution in [1.29, 1.82) is 0 Å². The lowest BCUT2D eigenvalue weighted by Gasteiger charge is -2.12. The Morgan fingerprint density at radius 3 is 3.00 bits per heavy atom. The summed E-state index contributed by atoms with van der Waals surface area (Å²) in [5.41, 5.74) is 3.56. The predicted octanol–water partition coefficient (Wildman–Crippen LogP) is 2.56. The number of amides is 1. The van der Waals surface area contributed by atoms with Crippen LogP contribution in [0.4, 0.5) is 5.69 Å². The summed E-state index contributed by atoms with van der Waals surface area (Å²) >= 11 is 1.73. The number of nitrogens with one attached hydrogen (secondary N) is 2. The first-order valence-corrected chi connectivity index (χ1v) is 7.94. The fraction of sp³-hybridized carbons (Fsp3) is 0.333. The summed E-state index contributed by atoms with van der Waals surface area (Å²) < 4.78 is 5.45. The van der Waals surface area contributed by atoms with Crippen LogP contribution in [0.1, 0.15) is 11.3 Å². The van der Waals surface area contributed by atoms with Gasteiger partial charge >= 0.3 is 0 Å². The Kier molecular flexibility index (Phi) is 3.98. The van der Waals surface area contributed by atoms with Crippen molar-refractivity contribution in [2.45, 2.75) is 19.9 Å². The maximum atomic E-state index is 12.1. The Morgan fingerprint density at radius 2 is 2.33 bits per heavy atom. The van der Waals surface area contributed by atoms with Crippen LogP contribution in [0.25, 0.3) is 11.5 Å². The first-order valence-electron chi connectivity index (χ1n) is 6.78. The second kappa shape index (κ2) is 5.91. The van der Waals surface area contributed by atoms with Crippen molar-refractivity contribution in [3.63, 3.8) is 0 Å². The van der Waals surface area contributed by atoms with E-state index in [9.17, 15) is 4.79 Å². The molecule has 0 aliphatic carbocycles. The van der Waals surface area contributed by atoms with Gasteiger partial charge in [0.2, 0.25) is 11.8 Å². The molecule has 5 nitrogen and oxygen atoms in total. The lowest BCUT2D eigenvalue weighted by Crippen LogP contribution is -2.37. The van der Waals surface area contributed by atoms with Gasteiger partial charge in [-0.15, -0.1) is 11.8 Å². The fourth-order valence-corrected chi connectivity index (χ4v) is 3.14. The average Bonchev–Trinajstić information content (AvgIpc) is 3.12. The molecule has 1 aliphatic rings. The van der Waals surface area contributed by atoms with Crippen LogP contribution < -0.4 is 10.6 Å². The van der Waals surface area contributed by atoms with Crippen molar-refractivity contribution in [1.82, 2.24) is 10.3 Å². The molecule has 2 aromatic rings. The third-order valence-electron chi connectivity index (χ3n) is 3.39. The van der Waals surface area contributed by atoms with Crippen molar-refractivity contribution in [3.8, 4) is 11.5 Å². The summed E-state index contributed by atoms with van der Waals surface area (Å²) in [5, 5.41) is 6.10. The van der Waals surface area contributed by atoms with Gasteiger partial charge in [-0.1, -0.05) is 6.07 Å². The van der Waals surface area contributed by atoms with Crippen LogP contribution in [-0.2, 0) is 4.79 Å². The van der Waals surface area contributed by atoms with E-state index in [1.165, 1.54) is 0 Å². The van der Waals surface area contributed by atoms with Gasteiger partial charge in [0.25, 0.3) is 0 Å². The number of anilines is 1. The summed E-state index contributed by atoms with van der Waals surface area (Å²) in [4.78, 5) is 16.5. The van der Waals surface area contributed by atoms with Gasteiger partial charge in [0.05, 0.1) is 11.7 Å². The van der Waals surface area contributed by atoms with Crippen LogP contribution in [-0.4, -0.2) is 28.6 Å². The van der Waals surface area contributed by atoms with Gasteiger partial charge in [0.1, 0.15) is 6.26 Å². The molecule has 2 heterocycles. The van der Waals surface area contributed by atoms with Gasteiger partial charge < -0.3 is 9.73 Å². The summed E-state index contributed by atoms with van der Waals surface area (Å²) in [6.07, 6.45) is 1.62. The number of thioether (sulfide) groups is 1. The zero-order valence-electron chi connectivity index (χ0n) is 12.0. The lowest BCUT2D eigenvalue weighted by molar-refractivity contribution is -0.117. The van der Waals surface area contributed by atoms with E-state index in [1.54, 1.807) is 18.0 Å². The SMILES string of the molecule is Cc1coc(-c2cc(NC(=O)C3CSCN3)ccc2C)n1. The zero-order chi connectivity index (χ0) is 14.8. The number of aromatic nitrogens is 1. The maximum Gasteiger partial charge on any atom is 0.242 e. The number of rotatable bonds is 3. The zero-order valence-corrected chi connectivity index (χ0v) is 12.8. The minimum Gasteiger partial charge on any atom is -0.444 e. The Labute approximate surface area is 127 Å². The topological polar surface area (TPSA) is 67.2 Å². The van der Waals surface area contributed by atoms with Crippen LogP contribution in [0, 0.1) is 13.8 Å². The molecule has 1 amide bonds. The van der Waals surface area contributed by atoms with Gasteiger partial charge in [0.15, 0.2) is 0 Å². The molecule has 6 heteroatoms. The molecule has 0 bridgehead atoms. The first-order chi connectivity index (χ1) is 10.1. The first kappa shape index (κ1) is 14.2. The molecule has 1 unspecified atom stereocenters. The van der Waals surface area contributed by atoms with Crippen molar-refractivity contribution in [2.24, 2.45) is 0 Å². The molecule has 1 atom stereocenters. The van der Waals surface area contributed by atoms with Crippen LogP contribution in [0.15, 0.2) is 28.9 Å². The highest BCUT2D eigenvalue weighted by Crippen LogP contribution is 2.26. The number of benzene rings is 1. The van der Waals surface area contributed by atoms with Crippen molar-refractivity contribution >= 4 is 23.4 Å². The van der Waals surface area contributed by atoms with E-state index in [-0.39, 0.29) is 11.9 Å². The van der Waals surface area contributed by atoms with Crippen LogP contribution in [0.5, 0.6) is 0 Å². The molecular formula is C15H17N3O2S. The summed E-state index contributed by atoms with van der Waals surface area (Å²) in [5.74, 6) is 2.21. The minimum absolute atomic E-state index is 0.00149. The highest BCUT2D eigenvalue weighted by atomic mass is 32.2. The fourth-order valence-electron chi connectivity index (χ4n) is 2.20. The number of oxazole rings is 1. The molecule has 0 spiro atoms. The highest BCUT2D eigenvalue weighted by Gasteiger charge is 2.22. The second-order valence-corrected chi connectivity index (χ2v) is 6.12. The Bertz CT molecular complexity index is 663. The molecule has 1 saturated heterocycles. The van der Waals surface area contributed by atoms with Gasteiger partial charge in [0, 0.05) is 22.9 Å². The number of nitrogens with zero attached hydrogens (tertiary/aromatic N) is 1. The molecule has 110 valence electrons. The summed E-state index contributed by atoms with van der Waals surface area (Å²) in [7, 11) is 0. The predicted molar refractivity (Wildman–Crippen MR) is 84.3 cm³/mol. The van der Waals surface area contributed by atoms with Gasteiger partial charge in [-0.25, -0.2) is 4.98 Å². The third-order valence-corrected chi connectivity index (χ3v) is 4.33. The maximum absolute atomic E-state index is 12.1. The number of carbonyl (C=O) groups excluding carboxylic acids is 1. The average molecular weight is 303 g/mol. The van der Waals surface area contributed by atoms with Gasteiger partial charge in [-0.3, -0.25) is 10.1 Å². The summed E-state index contributed by atoms with van der Waals surface area (Å²) in [6.45, 7) is 3.88. The van der Waals surface area contributed by atoms with Crippen LogP contribution in [0.2, 0.25) is 0 Å². The normalized spacial score (nSPS) is 17.9. The van der Waals surface area contributed by atoms with Crippen molar-refractivity contribution in [3.05, 3.63) is 35.7 Å². The number of carbonyl (C=O) groups is 1. The molecule has 2 N–H and O–H groups in total. The quantitative estimate of drug-likeness (QED) is 0.912.